The number of nitrogens with one attached hydrogen (secondary N) is 1. The molecule has 1 N–H and O–H groups in total. The maximum absolute atomic E-state index is 14.4. The average molecular weight is 378 g/mol. The molecule has 150 valence electrons. The number of carbonyl (C=O) groups is 1. The zero-order valence-corrected chi connectivity index (χ0v) is 16.2. The van der Waals surface area contributed by atoms with Crippen LogP contribution in [-0.2, 0) is 4.74 Å². The lowest BCUT2D eigenvalue weighted by Gasteiger charge is -2.29. The van der Waals surface area contributed by atoms with Crippen LogP contribution >= 0.6 is 0 Å². The zero-order chi connectivity index (χ0) is 18.9. The highest BCUT2D eigenvalue weighted by Gasteiger charge is 2.17. The van der Waals surface area contributed by atoms with Gasteiger partial charge in [0, 0.05) is 25.2 Å². The zero-order valence-electron chi connectivity index (χ0n) is 16.2. The summed E-state index contributed by atoms with van der Waals surface area (Å²) >= 11 is 0. The Balaban J connectivity index is 1.35. The summed E-state index contributed by atoms with van der Waals surface area (Å²) in [6, 6.07) is 4.75. The lowest BCUT2D eigenvalue weighted by atomic mass is 10.1. The van der Waals surface area contributed by atoms with Gasteiger partial charge in [-0.2, -0.15) is 0 Å². The number of morpholine rings is 1. The van der Waals surface area contributed by atoms with Crippen LogP contribution in [0.15, 0.2) is 18.2 Å². The maximum Gasteiger partial charge on any atom is 0.251 e. The van der Waals surface area contributed by atoms with E-state index in [1.807, 2.05) is 4.90 Å². The molecular weight excluding hydrogens is 345 g/mol. The number of halogens is 1. The van der Waals surface area contributed by atoms with E-state index >= 15 is 0 Å². The summed E-state index contributed by atoms with van der Waals surface area (Å²) < 4.78 is 19.7. The molecule has 1 aromatic rings. The van der Waals surface area contributed by atoms with Crippen LogP contribution in [0.2, 0.25) is 0 Å². The Morgan fingerprint density at radius 2 is 1.81 bits per heavy atom. The Morgan fingerprint density at radius 3 is 2.56 bits per heavy atom. The van der Waals surface area contributed by atoms with Crippen LogP contribution in [0.4, 0.5) is 10.1 Å². The largest absolute Gasteiger partial charge is 0.378 e. The van der Waals surface area contributed by atoms with Gasteiger partial charge in [-0.05, 0) is 63.5 Å². The molecule has 0 aliphatic carbocycles. The van der Waals surface area contributed by atoms with Gasteiger partial charge in [0.15, 0.2) is 0 Å². The molecule has 2 saturated heterocycles. The number of carbonyl (C=O) groups excluding carboxylic acids is 1. The van der Waals surface area contributed by atoms with Crippen LogP contribution in [0.25, 0.3) is 0 Å². The van der Waals surface area contributed by atoms with Gasteiger partial charge in [0.05, 0.1) is 18.9 Å². The molecule has 0 spiro atoms. The molecule has 2 aliphatic rings. The molecular formula is C21H32FN3O2. The molecule has 3 rings (SSSR count). The summed E-state index contributed by atoms with van der Waals surface area (Å²) in [6.07, 6.45) is 7.29. The van der Waals surface area contributed by atoms with Crippen LogP contribution in [0.1, 0.15) is 48.9 Å². The van der Waals surface area contributed by atoms with Crippen LogP contribution < -0.4 is 10.2 Å². The van der Waals surface area contributed by atoms with Crippen molar-refractivity contribution in [2.75, 3.05) is 57.4 Å². The minimum atomic E-state index is -0.342. The van der Waals surface area contributed by atoms with Gasteiger partial charge < -0.3 is 19.9 Å². The van der Waals surface area contributed by atoms with Gasteiger partial charge in [-0.1, -0.05) is 12.8 Å². The summed E-state index contributed by atoms with van der Waals surface area (Å²) in [7, 11) is 0. The second kappa shape index (κ2) is 10.6. The van der Waals surface area contributed by atoms with E-state index < -0.39 is 0 Å². The Labute approximate surface area is 161 Å². The number of piperidine rings is 1. The fourth-order valence-electron chi connectivity index (χ4n) is 3.83. The molecule has 1 amide bonds. The Morgan fingerprint density at radius 1 is 1.04 bits per heavy atom. The van der Waals surface area contributed by atoms with Crippen molar-refractivity contribution in [3.63, 3.8) is 0 Å². The highest BCUT2D eigenvalue weighted by Crippen LogP contribution is 2.21. The molecule has 0 radical (unpaired) electrons. The molecule has 6 heteroatoms. The first-order valence-electron chi connectivity index (χ1n) is 10.4. The van der Waals surface area contributed by atoms with Gasteiger partial charge >= 0.3 is 0 Å². The molecule has 0 unspecified atom stereocenters. The fourth-order valence-corrected chi connectivity index (χ4v) is 3.83. The van der Waals surface area contributed by atoms with Crippen molar-refractivity contribution in [3.05, 3.63) is 29.6 Å². The standard InChI is InChI=1S/C21H32FN3O2/c22-19-17-18(7-8-20(19)25-13-15-27-16-14-25)21(26)23-9-3-1-4-10-24-11-5-2-6-12-24/h7-8,17H,1-6,9-16H2,(H,23,26). The van der Waals surface area contributed by atoms with Crippen molar-refractivity contribution in [3.8, 4) is 0 Å². The number of nitrogens with zero attached hydrogens (tertiary/aromatic N) is 2. The number of hydrogen-bond acceptors (Lipinski definition) is 4. The predicted octanol–water partition coefficient (Wildman–Crippen LogP) is 3.05. The summed E-state index contributed by atoms with van der Waals surface area (Å²) in [4.78, 5) is 16.7. The van der Waals surface area contributed by atoms with Gasteiger partial charge in [-0.25, -0.2) is 4.39 Å². The third-order valence-corrected chi connectivity index (χ3v) is 5.45. The Hall–Kier alpha value is -1.66. The molecule has 5 nitrogen and oxygen atoms in total. The quantitative estimate of drug-likeness (QED) is 0.708. The summed E-state index contributed by atoms with van der Waals surface area (Å²) in [5, 5.41) is 2.91. The van der Waals surface area contributed by atoms with Crippen molar-refractivity contribution >= 4 is 11.6 Å². The molecule has 2 fully saturated rings. The van der Waals surface area contributed by atoms with Gasteiger partial charge in [0.2, 0.25) is 0 Å². The normalized spacial score (nSPS) is 18.5. The maximum atomic E-state index is 14.4. The molecule has 0 bridgehead atoms. The van der Waals surface area contributed by atoms with Crippen LogP contribution in [0.5, 0.6) is 0 Å². The second-order valence-corrected chi connectivity index (χ2v) is 7.48. The number of ether oxygens (including phenoxy) is 1. The number of benzene rings is 1. The third kappa shape index (κ3) is 6.18. The van der Waals surface area contributed by atoms with E-state index in [2.05, 4.69) is 10.2 Å². The molecule has 0 atom stereocenters. The van der Waals surface area contributed by atoms with E-state index in [4.69, 9.17) is 4.74 Å². The van der Waals surface area contributed by atoms with Crippen LogP contribution in [0, 0.1) is 5.82 Å². The molecule has 2 aliphatic heterocycles. The van der Waals surface area contributed by atoms with Gasteiger partial charge in [0.1, 0.15) is 5.82 Å². The average Bonchev–Trinajstić information content (AvgIpc) is 2.71. The number of unbranched alkanes of at least 4 members (excludes halogenated alkanes) is 2. The van der Waals surface area contributed by atoms with Crippen molar-refractivity contribution in [1.82, 2.24) is 10.2 Å². The van der Waals surface area contributed by atoms with Gasteiger partial charge in [-0.15, -0.1) is 0 Å². The minimum Gasteiger partial charge on any atom is -0.378 e. The van der Waals surface area contributed by atoms with Crippen molar-refractivity contribution < 1.29 is 13.9 Å². The number of anilines is 1. The monoisotopic (exact) mass is 377 g/mol. The van der Waals surface area contributed by atoms with Crippen LogP contribution in [0.3, 0.4) is 0 Å². The predicted molar refractivity (Wildman–Crippen MR) is 106 cm³/mol. The summed E-state index contributed by atoms with van der Waals surface area (Å²) in [5.74, 6) is -0.537. The first-order chi connectivity index (χ1) is 13.2. The summed E-state index contributed by atoms with van der Waals surface area (Å²) in [6.45, 7) is 6.87. The number of amides is 1. The Kier molecular flexibility index (Phi) is 7.90. The molecule has 2 heterocycles. The van der Waals surface area contributed by atoms with E-state index in [0.29, 0.717) is 44.1 Å². The van der Waals surface area contributed by atoms with Crippen molar-refractivity contribution in [1.29, 1.82) is 0 Å². The van der Waals surface area contributed by atoms with E-state index in [1.165, 1.54) is 51.4 Å². The lowest BCUT2D eigenvalue weighted by Crippen LogP contribution is -2.36. The lowest BCUT2D eigenvalue weighted by molar-refractivity contribution is 0.0952. The second-order valence-electron chi connectivity index (χ2n) is 7.48. The highest BCUT2D eigenvalue weighted by molar-refractivity contribution is 5.94. The number of hydrogen-bond donors (Lipinski definition) is 1. The topological polar surface area (TPSA) is 44.8 Å². The molecule has 27 heavy (non-hydrogen) atoms. The first kappa shape index (κ1) is 20.1. The van der Waals surface area contributed by atoms with Gasteiger partial charge in [0.25, 0.3) is 5.91 Å². The van der Waals surface area contributed by atoms with Crippen molar-refractivity contribution in [2.45, 2.75) is 38.5 Å². The fraction of sp³-hybridized carbons (Fsp3) is 0.667. The van der Waals surface area contributed by atoms with Crippen molar-refractivity contribution in [2.24, 2.45) is 0 Å². The van der Waals surface area contributed by atoms with Gasteiger partial charge in [-0.3, -0.25) is 4.79 Å². The smallest absolute Gasteiger partial charge is 0.251 e. The summed E-state index contributed by atoms with van der Waals surface area (Å²) in [5.41, 5.74) is 0.936. The Bertz CT molecular complexity index is 599. The SMILES string of the molecule is O=C(NCCCCCN1CCCCC1)c1ccc(N2CCOCC2)c(F)c1. The molecule has 0 saturated carbocycles. The van der Waals surface area contributed by atoms with E-state index in [1.54, 1.807) is 12.1 Å². The highest BCUT2D eigenvalue weighted by atomic mass is 19.1. The van der Waals surface area contributed by atoms with E-state index in [9.17, 15) is 9.18 Å². The number of likely N-dealkylation sites (tertiary alicyclic amines) is 1. The minimum absolute atomic E-state index is 0.196. The van der Waals surface area contributed by atoms with E-state index in [0.717, 1.165) is 12.8 Å². The first-order valence-corrected chi connectivity index (χ1v) is 10.4. The van der Waals surface area contributed by atoms with Crippen LogP contribution in [-0.4, -0.2) is 63.3 Å². The molecule has 1 aromatic carbocycles. The third-order valence-electron chi connectivity index (χ3n) is 5.45. The molecule has 0 aromatic heterocycles. The number of rotatable bonds is 8. The van der Waals surface area contributed by atoms with E-state index in [-0.39, 0.29) is 11.7 Å².